The lowest BCUT2D eigenvalue weighted by Crippen LogP contribution is -2.37. The largest absolute Gasteiger partial charge is 0.393 e. The van der Waals surface area contributed by atoms with E-state index in [0.29, 0.717) is 17.8 Å². The third-order valence-electron chi connectivity index (χ3n) is 2.58. The summed E-state index contributed by atoms with van der Waals surface area (Å²) in [5.74, 6) is 0.000391. The molecule has 0 fully saturated rings. The van der Waals surface area contributed by atoms with Crippen LogP contribution in [0.15, 0.2) is 28.7 Å². The molecule has 0 radical (unpaired) electrons. The van der Waals surface area contributed by atoms with E-state index in [2.05, 4.69) is 21.2 Å². The van der Waals surface area contributed by atoms with E-state index in [1.807, 2.05) is 31.2 Å². The maximum Gasteiger partial charge on any atom is 0.224 e. The lowest BCUT2D eigenvalue weighted by atomic mass is 10.1. The summed E-state index contributed by atoms with van der Waals surface area (Å²) < 4.78 is 1.01. The molecule has 1 rings (SSSR count). The topological polar surface area (TPSA) is 55.1 Å². The third-order valence-corrected chi connectivity index (χ3v) is 3.28. The first-order valence-electron chi connectivity index (χ1n) is 5.83. The van der Waals surface area contributed by atoms with Crippen molar-refractivity contribution in [3.8, 4) is 0 Å². The van der Waals surface area contributed by atoms with Gasteiger partial charge in [-0.15, -0.1) is 0 Å². The molecule has 98 valence electrons. The first kappa shape index (κ1) is 15.1. The van der Waals surface area contributed by atoms with Crippen LogP contribution in [0.5, 0.6) is 0 Å². The molecule has 1 unspecified atom stereocenters. The molecule has 0 aliphatic rings. The molecule has 0 spiro atoms. The Balaban J connectivity index is 2.49. The van der Waals surface area contributed by atoms with Crippen LogP contribution in [0.1, 0.15) is 25.3 Å². The second-order valence-corrected chi connectivity index (χ2v) is 5.59. The minimum atomic E-state index is 0.000391. The highest BCUT2D eigenvalue weighted by atomic mass is 79.9. The van der Waals surface area contributed by atoms with Gasteiger partial charge >= 0.3 is 0 Å². The van der Waals surface area contributed by atoms with Gasteiger partial charge in [0.05, 0.1) is 11.4 Å². The average molecular weight is 329 g/mol. The van der Waals surface area contributed by atoms with Crippen LogP contribution in [0.3, 0.4) is 0 Å². The number of carbonyl (C=O) groups excluding carboxylic acids is 1. The summed E-state index contributed by atoms with van der Waals surface area (Å²) in [6.07, 6.45) is 1.75. The number of amides is 1. The summed E-state index contributed by atoms with van der Waals surface area (Å²) in [5, 5.41) is 2.94. The highest BCUT2D eigenvalue weighted by molar-refractivity contribution is 9.10. The zero-order valence-corrected chi connectivity index (χ0v) is 12.7. The van der Waals surface area contributed by atoms with Gasteiger partial charge in [0.1, 0.15) is 0 Å². The monoisotopic (exact) mass is 328 g/mol. The Morgan fingerprint density at radius 3 is 2.56 bits per heavy atom. The highest BCUT2D eigenvalue weighted by Crippen LogP contribution is 2.11. The van der Waals surface area contributed by atoms with Crippen molar-refractivity contribution in [3.63, 3.8) is 0 Å². The van der Waals surface area contributed by atoms with Crippen molar-refractivity contribution in [2.24, 2.45) is 5.73 Å². The van der Waals surface area contributed by atoms with Crippen molar-refractivity contribution in [2.45, 2.75) is 32.2 Å². The molecule has 0 aromatic heterocycles. The molecular weight excluding hydrogens is 312 g/mol. The van der Waals surface area contributed by atoms with Crippen LogP contribution < -0.4 is 11.1 Å². The van der Waals surface area contributed by atoms with E-state index in [9.17, 15) is 4.79 Å². The van der Waals surface area contributed by atoms with E-state index in [4.69, 9.17) is 18.0 Å². The molecular formula is C13H17BrN2OS. The molecule has 1 atom stereocenters. The van der Waals surface area contributed by atoms with Crippen LogP contribution in [-0.2, 0) is 11.2 Å². The maximum absolute atomic E-state index is 11.8. The molecule has 1 aromatic carbocycles. The normalized spacial score (nSPS) is 11.9. The molecule has 0 aliphatic heterocycles. The summed E-state index contributed by atoms with van der Waals surface area (Å²) in [5.41, 5.74) is 6.48. The number of nitrogens with one attached hydrogen (secondary N) is 1. The van der Waals surface area contributed by atoms with Crippen molar-refractivity contribution in [2.75, 3.05) is 0 Å². The van der Waals surface area contributed by atoms with Gasteiger partial charge in [0.2, 0.25) is 5.91 Å². The molecule has 18 heavy (non-hydrogen) atoms. The predicted octanol–water partition coefficient (Wildman–Crippen LogP) is 2.56. The molecule has 0 bridgehead atoms. The van der Waals surface area contributed by atoms with Gasteiger partial charge in [-0.1, -0.05) is 47.2 Å². The van der Waals surface area contributed by atoms with Gasteiger partial charge < -0.3 is 11.1 Å². The van der Waals surface area contributed by atoms with Crippen molar-refractivity contribution in [1.82, 2.24) is 5.32 Å². The van der Waals surface area contributed by atoms with E-state index in [-0.39, 0.29) is 11.9 Å². The third kappa shape index (κ3) is 5.60. The van der Waals surface area contributed by atoms with Crippen molar-refractivity contribution < 1.29 is 4.79 Å². The fourth-order valence-electron chi connectivity index (χ4n) is 1.61. The van der Waals surface area contributed by atoms with E-state index in [1.54, 1.807) is 0 Å². The zero-order valence-electron chi connectivity index (χ0n) is 10.3. The second-order valence-electron chi connectivity index (χ2n) is 4.15. The summed E-state index contributed by atoms with van der Waals surface area (Å²) in [4.78, 5) is 12.3. The number of hydrogen-bond donors (Lipinski definition) is 2. The number of carbonyl (C=O) groups is 1. The Kier molecular flexibility index (Phi) is 6.29. The molecule has 0 saturated heterocycles. The number of benzene rings is 1. The number of nitrogens with two attached hydrogens (primary N) is 1. The van der Waals surface area contributed by atoms with Gasteiger partial charge in [0.15, 0.2) is 0 Å². The number of hydrogen-bond acceptors (Lipinski definition) is 2. The Labute approximate surface area is 121 Å². The van der Waals surface area contributed by atoms with Crippen molar-refractivity contribution in [3.05, 3.63) is 34.3 Å². The molecule has 0 heterocycles. The van der Waals surface area contributed by atoms with E-state index in [0.717, 1.165) is 16.5 Å². The molecule has 3 nitrogen and oxygen atoms in total. The standard InChI is InChI=1S/C13H17BrN2OS/c1-2-11(8-12(15)18)16-13(17)7-9-3-5-10(14)6-4-9/h3-6,11H,2,7-8H2,1H3,(H2,15,18)(H,16,17). The Morgan fingerprint density at radius 2 is 2.06 bits per heavy atom. The van der Waals surface area contributed by atoms with Gasteiger partial charge in [0.25, 0.3) is 0 Å². The summed E-state index contributed by atoms with van der Waals surface area (Å²) in [6, 6.07) is 7.74. The Bertz CT molecular complexity index is 420. The predicted molar refractivity (Wildman–Crippen MR) is 81.5 cm³/mol. The summed E-state index contributed by atoms with van der Waals surface area (Å²) in [6.45, 7) is 2.00. The summed E-state index contributed by atoms with van der Waals surface area (Å²) in [7, 11) is 0. The average Bonchev–Trinajstić information content (AvgIpc) is 2.30. The van der Waals surface area contributed by atoms with Gasteiger partial charge in [-0.2, -0.15) is 0 Å². The number of thiocarbonyl (C=S) groups is 1. The number of rotatable bonds is 6. The highest BCUT2D eigenvalue weighted by Gasteiger charge is 2.11. The first-order valence-corrected chi connectivity index (χ1v) is 7.03. The van der Waals surface area contributed by atoms with Gasteiger partial charge in [-0.3, -0.25) is 4.79 Å². The SMILES string of the molecule is CCC(CC(N)=S)NC(=O)Cc1ccc(Br)cc1. The minimum Gasteiger partial charge on any atom is -0.393 e. The molecule has 1 aromatic rings. The second kappa shape index (κ2) is 7.48. The van der Waals surface area contributed by atoms with Crippen LogP contribution in [0, 0.1) is 0 Å². The molecule has 0 aliphatic carbocycles. The van der Waals surface area contributed by atoms with Crippen LogP contribution in [0.25, 0.3) is 0 Å². The molecule has 0 saturated carbocycles. The fraction of sp³-hybridized carbons (Fsp3) is 0.385. The van der Waals surface area contributed by atoms with Crippen molar-refractivity contribution in [1.29, 1.82) is 0 Å². The number of halogens is 1. The maximum atomic E-state index is 11.8. The van der Waals surface area contributed by atoms with E-state index >= 15 is 0 Å². The molecule has 5 heteroatoms. The molecule has 3 N–H and O–H groups in total. The van der Waals surface area contributed by atoms with Crippen LogP contribution in [0.4, 0.5) is 0 Å². The lowest BCUT2D eigenvalue weighted by Gasteiger charge is -2.16. The van der Waals surface area contributed by atoms with E-state index < -0.39 is 0 Å². The van der Waals surface area contributed by atoms with Crippen LogP contribution >= 0.6 is 28.1 Å². The van der Waals surface area contributed by atoms with Gasteiger partial charge in [-0.25, -0.2) is 0 Å². The quantitative estimate of drug-likeness (QED) is 0.789. The van der Waals surface area contributed by atoms with Crippen LogP contribution in [-0.4, -0.2) is 16.9 Å². The fourth-order valence-corrected chi connectivity index (χ4v) is 2.07. The Hall–Kier alpha value is -0.940. The van der Waals surface area contributed by atoms with Gasteiger partial charge in [-0.05, 0) is 24.1 Å². The van der Waals surface area contributed by atoms with Gasteiger partial charge in [0, 0.05) is 16.9 Å². The Morgan fingerprint density at radius 1 is 1.44 bits per heavy atom. The first-order chi connectivity index (χ1) is 8.51. The zero-order chi connectivity index (χ0) is 13.5. The van der Waals surface area contributed by atoms with E-state index in [1.165, 1.54) is 0 Å². The van der Waals surface area contributed by atoms with Crippen LogP contribution in [0.2, 0.25) is 0 Å². The molecule has 1 amide bonds. The van der Waals surface area contributed by atoms with Crippen molar-refractivity contribution >= 4 is 39.0 Å². The summed E-state index contributed by atoms with van der Waals surface area (Å²) >= 11 is 8.22. The smallest absolute Gasteiger partial charge is 0.224 e. The minimum absolute atomic E-state index is 0.000391. The lowest BCUT2D eigenvalue weighted by molar-refractivity contribution is -0.121.